The molecule has 0 saturated carbocycles. The molecule has 116 valence electrons. The molecule has 1 atom stereocenters. The van der Waals surface area contributed by atoms with Crippen LogP contribution in [0.4, 0.5) is 10.1 Å². The average Bonchev–Trinajstić information content (AvgIpc) is 2.48. The van der Waals surface area contributed by atoms with Gasteiger partial charge in [0, 0.05) is 15.5 Å². The van der Waals surface area contributed by atoms with E-state index in [1.165, 1.54) is 12.1 Å². The minimum atomic E-state index is -0.484. The molecule has 0 spiro atoms. The predicted molar refractivity (Wildman–Crippen MR) is 90.6 cm³/mol. The molecular weight excluding hydrogens is 371 g/mol. The lowest BCUT2D eigenvalue weighted by Gasteiger charge is -2.15. The number of hydrogen-bond donors (Lipinski definition) is 2. The Morgan fingerprint density at radius 2 is 2.05 bits per heavy atom. The maximum atomic E-state index is 13.6. The van der Waals surface area contributed by atoms with Crippen LogP contribution in [-0.2, 0) is 4.79 Å². The van der Waals surface area contributed by atoms with Crippen LogP contribution in [-0.4, -0.2) is 12.5 Å². The molecule has 1 amide bonds. The van der Waals surface area contributed by atoms with E-state index in [9.17, 15) is 9.18 Å². The van der Waals surface area contributed by atoms with Crippen molar-refractivity contribution in [3.05, 3.63) is 63.3 Å². The zero-order valence-corrected chi connectivity index (χ0v) is 14.2. The Morgan fingerprint density at radius 3 is 2.73 bits per heavy atom. The van der Waals surface area contributed by atoms with Crippen molar-refractivity contribution in [1.82, 2.24) is 5.32 Å². The molecule has 0 aliphatic rings. The Labute approximate surface area is 142 Å². The first-order valence-electron chi connectivity index (χ1n) is 6.70. The molecule has 0 aliphatic carbocycles. The van der Waals surface area contributed by atoms with Crippen LogP contribution in [0, 0.1) is 5.82 Å². The highest BCUT2D eigenvalue weighted by Gasteiger charge is 2.12. The highest BCUT2D eigenvalue weighted by atomic mass is 79.9. The molecule has 0 unspecified atom stereocenters. The lowest BCUT2D eigenvalue weighted by Crippen LogP contribution is -2.30. The lowest BCUT2D eigenvalue weighted by molar-refractivity contribution is -0.115. The van der Waals surface area contributed by atoms with Crippen molar-refractivity contribution in [1.29, 1.82) is 0 Å². The number of anilines is 1. The van der Waals surface area contributed by atoms with Crippen molar-refractivity contribution in [2.75, 3.05) is 11.9 Å². The quantitative estimate of drug-likeness (QED) is 0.794. The van der Waals surface area contributed by atoms with Crippen molar-refractivity contribution in [2.45, 2.75) is 13.0 Å². The van der Waals surface area contributed by atoms with E-state index in [2.05, 4.69) is 26.6 Å². The SMILES string of the molecule is C[C@H](NCC(=O)Nc1ccc(Br)cc1F)c1ccccc1Cl. The first-order chi connectivity index (χ1) is 10.5. The average molecular weight is 386 g/mol. The van der Waals surface area contributed by atoms with Gasteiger partial charge >= 0.3 is 0 Å². The van der Waals surface area contributed by atoms with E-state index in [-0.39, 0.29) is 24.2 Å². The summed E-state index contributed by atoms with van der Waals surface area (Å²) in [5.41, 5.74) is 1.06. The zero-order chi connectivity index (χ0) is 16.1. The molecule has 0 fully saturated rings. The van der Waals surface area contributed by atoms with E-state index in [1.54, 1.807) is 12.1 Å². The number of rotatable bonds is 5. The maximum Gasteiger partial charge on any atom is 0.238 e. The van der Waals surface area contributed by atoms with Crippen molar-refractivity contribution in [2.24, 2.45) is 0 Å². The molecule has 22 heavy (non-hydrogen) atoms. The second kappa shape index (κ2) is 7.72. The molecule has 2 N–H and O–H groups in total. The molecule has 0 saturated heterocycles. The number of carbonyl (C=O) groups is 1. The standard InChI is InChI=1S/C16H15BrClFN2O/c1-10(12-4-2-3-5-13(12)18)20-9-16(22)21-15-7-6-11(17)8-14(15)19/h2-8,10,20H,9H2,1H3,(H,21,22)/t10-/m0/s1. The number of benzene rings is 2. The van der Waals surface area contributed by atoms with Crippen LogP contribution in [0.25, 0.3) is 0 Å². The van der Waals surface area contributed by atoms with Gasteiger partial charge in [-0.2, -0.15) is 0 Å². The monoisotopic (exact) mass is 384 g/mol. The lowest BCUT2D eigenvalue weighted by atomic mass is 10.1. The second-order valence-corrected chi connectivity index (χ2v) is 6.12. The number of nitrogens with one attached hydrogen (secondary N) is 2. The van der Waals surface area contributed by atoms with E-state index in [1.807, 2.05) is 25.1 Å². The van der Waals surface area contributed by atoms with Gasteiger partial charge in [-0.05, 0) is 36.8 Å². The molecule has 0 heterocycles. The molecule has 0 bridgehead atoms. The first-order valence-corrected chi connectivity index (χ1v) is 7.87. The van der Waals surface area contributed by atoms with E-state index < -0.39 is 5.82 Å². The fourth-order valence-corrected chi connectivity index (χ4v) is 2.60. The Bertz CT molecular complexity index is 681. The van der Waals surface area contributed by atoms with E-state index in [0.29, 0.717) is 9.50 Å². The van der Waals surface area contributed by atoms with E-state index in [0.717, 1.165) is 5.56 Å². The molecule has 2 aromatic rings. The molecule has 0 aliphatic heterocycles. The molecule has 2 aromatic carbocycles. The Morgan fingerprint density at radius 1 is 1.32 bits per heavy atom. The van der Waals surface area contributed by atoms with Gasteiger partial charge in [-0.1, -0.05) is 45.7 Å². The minimum Gasteiger partial charge on any atom is -0.322 e. The minimum absolute atomic E-state index is 0.0574. The summed E-state index contributed by atoms with van der Waals surface area (Å²) >= 11 is 9.27. The number of halogens is 3. The van der Waals surface area contributed by atoms with Gasteiger partial charge in [-0.15, -0.1) is 0 Å². The van der Waals surface area contributed by atoms with Crippen molar-refractivity contribution in [3.63, 3.8) is 0 Å². The molecule has 3 nitrogen and oxygen atoms in total. The summed E-state index contributed by atoms with van der Waals surface area (Å²) in [5, 5.41) is 6.23. The number of hydrogen-bond acceptors (Lipinski definition) is 2. The van der Waals surface area contributed by atoms with Crippen LogP contribution < -0.4 is 10.6 Å². The van der Waals surface area contributed by atoms with Crippen LogP contribution in [0.5, 0.6) is 0 Å². The molecule has 6 heteroatoms. The summed E-state index contributed by atoms with van der Waals surface area (Å²) in [6.45, 7) is 1.97. The summed E-state index contributed by atoms with van der Waals surface area (Å²) in [7, 11) is 0. The van der Waals surface area contributed by atoms with Gasteiger partial charge in [0.15, 0.2) is 0 Å². The van der Waals surface area contributed by atoms with Gasteiger partial charge < -0.3 is 10.6 Å². The van der Waals surface area contributed by atoms with E-state index in [4.69, 9.17) is 11.6 Å². The fraction of sp³-hybridized carbons (Fsp3) is 0.188. The van der Waals surface area contributed by atoms with Gasteiger partial charge in [0.2, 0.25) is 5.91 Å². The van der Waals surface area contributed by atoms with E-state index >= 15 is 0 Å². The fourth-order valence-electron chi connectivity index (χ4n) is 1.97. The topological polar surface area (TPSA) is 41.1 Å². The summed E-state index contributed by atoms with van der Waals surface area (Å²) in [6.07, 6.45) is 0. The smallest absolute Gasteiger partial charge is 0.238 e. The van der Waals surface area contributed by atoms with Gasteiger partial charge in [-0.25, -0.2) is 4.39 Å². The summed E-state index contributed by atoms with van der Waals surface area (Å²) in [5.74, 6) is -0.804. The van der Waals surface area contributed by atoms with Crippen LogP contribution >= 0.6 is 27.5 Å². The summed E-state index contributed by atoms with van der Waals surface area (Å²) < 4.78 is 14.3. The Hall–Kier alpha value is -1.43. The van der Waals surface area contributed by atoms with Gasteiger partial charge in [0.05, 0.1) is 12.2 Å². The van der Waals surface area contributed by atoms with Crippen molar-refractivity contribution < 1.29 is 9.18 Å². The summed E-state index contributed by atoms with van der Waals surface area (Å²) in [4.78, 5) is 11.9. The largest absolute Gasteiger partial charge is 0.322 e. The molecule has 0 aromatic heterocycles. The van der Waals surface area contributed by atoms with Gasteiger partial charge in [0.25, 0.3) is 0 Å². The third-order valence-electron chi connectivity index (χ3n) is 3.15. The first kappa shape index (κ1) is 16.9. The Kier molecular flexibility index (Phi) is 5.94. The third kappa shape index (κ3) is 4.53. The third-order valence-corrected chi connectivity index (χ3v) is 3.98. The Balaban J connectivity index is 1.91. The van der Waals surface area contributed by atoms with Crippen LogP contribution in [0.3, 0.4) is 0 Å². The normalized spacial score (nSPS) is 12.0. The van der Waals surface area contributed by atoms with Crippen LogP contribution in [0.2, 0.25) is 5.02 Å². The maximum absolute atomic E-state index is 13.6. The molecular formula is C16H15BrClFN2O. The second-order valence-electron chi connectivity index (χ2n) is 4.80. The van der Waals surface area contributed by atoms with Crippen LogP contribution in [0.1, 0.15) is 18.5 Å². The highest BCUT2D eigenvalue weighted by molar-refractivity contribution is 9.10. The predicted octanol–water partition coefficient (Wildman–Crippen LogP) is 4.53. The van der Waals surface area contributed by atoms with Crippen LogP contribution in [0.15, 0.2) is 46.9 Å². The molecule has 0 radical (unpaired) electrons. The number of amides is 1. The molecule has 2 rings (SSSR count). The highest BCUT2D eigenvalue weighted by Crippen LogP contribution is 2.22. The number of carbonyl (C=O) groups excluding carboxylic acids is 1. The van der Waals surface area contributed by atoms with Crippen molar-refractivity contribution in [3.8, 4) is 0 Å². The van der Waals surface area contributed by atoms with Gasteiger partial charge in [0.1, 0.15) is 5.82 Å². The zero-order valence-electron chi connectivity index (χ0n) is 11.9. The van der Waals surface area contributed by atoms with Crippen molar-refractivity contribution >= 4 is 39.1 Å². The summed E-state index contributed by atoms with van der Waals surface area (Å²) in [6, 6.07) is 11.8. The van der Waals surface area contributed by atoms with Gasteiger partial charge in [-0.3, -0.25) is 4.79 Å².